The third-order valence-electron chi connectivity index (χ3n) is 4.00. The first kappa shape index (κ1) is 20.6. The summed E-state index contributed by atoms with van der Waals surface area (Å²) in [5.41, 5.74) is 2.17. The van der Waals surface area contributed by atoms with Crippen LogP contribution in [0.2, 0.25) is 0 Å². The number of para-hydroxylation sites is 1. The first-order chi connectivity index (χ1) is 13.7. The molecule has 0 spiro atoms. The van der Waals surface area contributed by atoms with Crippen molar-refractivity contribution in [2.24, 2.45) is 0 Å². The molecule has 0 aliphatic carbocycles. The highest BCUT2D eigenvalue weighted by molar-refractivity contribution is 9.11. The van der Waals surface area contributed by atoms with E-state index in [1.54, 1.807) is 18.9 Å². The van der Waals surface area contributed by atoms with Gasteiger partial charge >= 0.3 is 0 Å². The highest BCUT2D eigenvalue weighted by atomic mass is 79.9. The van der Waals surface area contributed by atoms with Crippen molar-refractivity contribution in [2.45, 2.75) is 18.3 Å². The topological polar surface area (TPSA) is 49.2 Å². The van der Waals surface area contributed by atoms with Crippen LogP contribution >= 0.6 is 27.7 Å². The lowest BCUT2D eigenvalue weighted by atomic mass is 10.1. The molecule has 1 heterocycles. The van der Waals surface area contributed by atoms with E-state index in [4.69, 9.17) is 9.47 Å². The molecular formula is C21H22BrN3O2S. The van der Waals surface area contributed by atoms with Crippen molar-refractivity contribution in [1.29, 1.82) is 0 Å². The highest BCUT2D eigenvalue weighted by Gasteiger charge is 2.14. The molecule has 3 aromatic rings. The molecule has 0 atom stereocenters. The van der Waals surface area contributed by atoms with E-state index in [-0.39, 0.29) is 0 Å². The second-order valence-corrected chi connectivity index (χ2v) is 8.06. The monoisotopic (exact) mass is 459 g/mol. The van der Waals surface area contributed by atoms with E-state index in [0.29, 0.717) is 19.8 Å². The molecule has 0 radical (unpaired) electrons. The summed E-state index contributed by atoms with van der Waals surface area (Å²) in [5.74, 6) is 2.31. The Kier molecular flexibility index (Phi) is 7.71. The molecule has 0 aliphatic rings. The van der Waals surface area contributed by atoms with Crippen LogP contribution in [-0.4, -0.2) is 34.2 Å². The third-order valence-corrected chi connectivity index (χ3v) is 5.70. The van der Waals surface area contributed by atoms with Gasteiger partial charge in [-0.25, -0.2) is 0 Å². The Labute approximate surface area is 177 Å². The molecule has 0 amide bonds. The molecule has 0 fully saturated rings. The Balaban J connectivity index is 1.78. The van der Waals surface area contributed by atoms with Crippen LogP contribution in [0.4, 0.5) is 0 Å². The number of hydrogen-bond acceptors (Lipinski definition) is 5. The van der Waals surface area contributed by atoms with Crippen LogP contribution in [0.1, 0.15) is 5.82 Å². The van der Waals surface area contributed by atoms with Gasteiger partial charge in [0.15, 0.2) is 11.0 Å². The van der Waals surface area contributed by atoms with Crippen LogP contribution in [0.25, 0.3) is 11.1 Å². The van der Waals surface area contributed by atoms with Crippen molar-refractivity contribution in [3.63, 3.8) is 0 Å². The van der Waals surface area contributed by atoms with Gasteiger partial charge in [0, 0.05) is 25.0 Å². The lowest BCUT2D eigenvalue weighted by Crippen LogP contribution is -2.12. The van der Waals surface area contributed by atoms with Crippen molar-refractivity contribution < 1.29 is 9.47 Å². The van der Waals surface area contributed by atoms with Crippen LogP contribution in [0.3, 0.4) is 0 Å². The van der Waals surface area contributed by atoms with Gasteiger partial charge in [0.25, 0.3) is 0 Å². The van der Waals surface area contributed by atoms with E-state index >= 15 is 0 Å². The molecule has 5 nitrogen and oxygen atoms in total. The molecule has 0 unspecified atom stereocenters. The molecule has 0 bridgehead atoms. The maximum absolute atomic E-state index is 6.14. The number of rotatable bonds is 10. The Morgan fingerprint density at radius 3 is 2.61 bits per heavy atom. The zero-order valence-electron chi connectivity index (χ0n) is 15.7. The zero-order chi connectivity index (χ0) is 19.8. The fraction of sp³-hybridized carbons (Fsp3) is 0.238. The number of hydrogen-bond donors (Lipinski definition) is 0. The summed E-state index contributed by atoms with van der Waals surface area (Å²) in [5, 5.41) is 9.47. The van der Waals surface area contributed by atoms with Crippen LogP contribution in [0.15, 0.2) is 70.8 Å². The minimum atomic E-state index is 0.330. The molecule has 1 aromatic heterocycles. The maximum atomic E-state index is 6.14. The predicted octanol–water partition coefficient (Wildman–Crippen LogP) is 5.17. The summed E-state index contributed by atoms with van der Waals surface area (Å²) in [7, 11) is 1.68. The van der Waals surface area contributed by atoms with Crippen molar-refractivity contribution >= 4 is 27.7 Å². The lowest BCUT2D eigenvalue weighted by Gasteiger charge is -2.13. The summed E-state index contributed by atoms with van der Waals surface area (Å²) < 4.78 is 14.3. The summed E-state index contributed by atoms with van der Waals surface area (Å²) >= 11 is 4.97. The van der Waals surface area contributed by atoms with Crippen LogP contribution in [0.5, 0.6) is 5.75 Å². The molecule has 7 heteroatoms. The fourth-order valence-corrected chi connectivity index (χ4v) is 3.75. The maximum Gasteiger partial charge on any atom is 0.191 e. The zero-order valence-corrected chi connectivity index (χ0v) is 18.1. The number of nitrogens with zero attached hydrogens (tertiary/aromatic N) is 3. The molecule has 0 saturated carbocycles. The quantitative estimate of drug-likeness (QED) is 0.391. The number of methoxy groups -OCH3 is 1. The van der Waals surface area contributed by atoms with E-state index in [2.05, 4.69) is 50.9 Å². The van der Waals surface area contributed by atoms with Crippen molar-refractivity contribution in [3.05, 3.63) is 71.5 Å². The Morgan fingerprint density at radius 1 is 1.11 bits per heavy atom. The second-order valence-electron chi connectivity index (χ2n) is 6.00. The fourth-order valence-electron chi connectivity index (χ4n) is 2.67. The van der Waals surface area contributed by atoms with Gasteiger partial charge in [0.2, 0.25) is 0 Å². The molecule has 146 valence electrons. The smallest absolute Gasteiger partial charge is 0.191 e. The highest BCUT2D eigenvalue weighted by Crippen LogP contribution is 2.30. The molecule has 0 N–H and O–H groups in total. The summed E-state index contributed by atoms with van der Waals surface area (Å²) in [6.07, 6.45) is 0. The lowest BCUT2D eigenvalue weighted by molar-refractivity contribution is 0.181. The Hall–Kier alpha value is -2.09. The van der Waals surface area contributed by atoms with Gasteiger partial charge in [-0.2, -0.15) is 0 Å². The molecule has 0 saturated heterocycles. The minimum absolute atomic E-state index is 0.330. The largest absolute Gasteiger partial charge is 0.485 e. The molecule has 2 aromatic carbocycles. The SMILES string of the molecule is C=C(Br)CSc1nnc(COc2ccccc2-c2ccccc2)n1CCOC. The molecule has 3 rings (SSSR count). The summed E-state index contributed by atoms with van der Waals surface area (Å²) in [6, 6.07) is 18.2. The average Bonchev–Trinajstić information content (AvgIpc) is 3.11. The van der Waals surface area contributed by atoms with Crippen molar-refractivity contribution in [1.82, 2.24) is 14.8 Å². The molecular weight excluding hydrogens is 438 g/mol. The van der Waals surface area contributed by atoms with Gasteiger partial charge in [0.1, 0.15) is 12.4 Å². The van der Waals surface area contributed by atoms with Gasteiger partial charge in [-0.3, -0.25) is 0 Å². The number of halogens is 1. The van der Waals surface area contributed by atoms with E-state index in [1.807, 2.05) is 41.0 Å². The van der Waals surface area contributed by atoms with E-state index < -0.39 is 0 Å². The first-order valence-electron chi connectivity index (χ1n) is 8.83. The predicted molar refractivity (Wildman–Crippen MR) is 117 cm³/mol. The van der Waals surface area contributed by atoms with Crippen LogP contribution in [-0.2, 0) is 17.9 Å². The molecule has 28 heavy (non-hydrogen) atoms. The number of thioether (sulfide) groups is 1. The van der Waals surface area contributed by atoms with E-state index in [1.165, 1.54) is 0 Å². The van der Waals surface area contributed by atoms with Crippen LogP contribution in [0, 0.1) is 0 Å². The van der Waals surface area contributed by atoms with Gasteiger partial charge < -0.3 is 14.0 Å². The Bertz CT molecular complexity index is 915. The van der Waals surface area contributed by atoms with Gasteiger partial charge in [0.05, 0.1) is 6.61 Å². The molecule has 0 aliphatic heterocycles. The number of ether oxygens (including phenoxy) is 2. The summed E-state index contributed by atoms with van der Waals surface area (Å²) in [6.45, 7) is 5.45. The minimum Gasteiger partial charge on any atom is -0.485 e. The van der Waals surface area contributed by atoms with E-state index in [0.717, 1.165) is 38.1 Å². The van der Waals surface area contributed by atoms with E-state index in [9.17, 15) is 0 Å². The van der Waals surface area contributed by atoms with Crippen molar-refractivity contribution in [2.75, 3.05) is 19.5 Å². The van der Waals surface area contributed by atoms with Crippen molar-refractivity contribution in [3.8, 4) is 16.9 Å². The third kappa shape index (κ3) is 5.47. The second kappa shape index (κ2) is 10.5. The Morgan fingerprint density at radius 2 is 1.86 bits per heavy atom. The van der Waals surface area contributed by atoms with Gasteiger partial charge in [-0.05, 0) is 16.1 Å². The average molecular weight is 460 g/mol. The van der Waals surface area contributed by atoms with Crippen LogP contribution < -0.4 is 4.74 Å². The normalized spacial score (nSPS) is 10.8. The van der Waals surface area contributed by atoms with Gasteiger partial charge in [-0.1, -0.05) is 82.8 Å². The standard InChI is InChI=1S/C21H22BrN3O2S/c1-16(22)15-28-21-24-23-20(25(21)12-13-26-2)14-27-19-11-7-6-10-18(19)17-8-4-3-5-9-17/h3-11H,1,12-15H2,2H3. The van der Waals surface area contributed by atoms with Gasteiger partial charge in [-0.15, -0.1) is 10.2 Å². The summed E-state index contributed by atoms with van der Waals surface area (Å²) in [4.78, 5) is 0. The first-order valence-corrected chi connectivity index (χ1v) is 10.6. The number of benzene rings is 2. The number of aromatic nitrogens is 3.